The minimum Gasteiger partial charge on any atom is -0.299 e. The number of nitrogens with zero attached hydrogens (tertiary/aromatic N) is 2. The molecule has 162 valence electrons. The number of allylic oxidation sites excluding steroid dienone is 2. The third-order valence-electron chi connectivity index (χ3n) is 7.17. The van der Waals surface area contributed by atoms with Crippen LogP contribution >= 0.6 is 11.8 Å². The van der Waals surface area contributed by atoms with Gasteiger partial charge in [0.25, 0.3) is 0 Å². The van der Waals surface area contributed by atoms with Crippen LogP contribution in [0, 0.1) is 35.0 Å². The van der Waals surface area contributed by atoms with Crippen molar-refractivity contribution in [2.24, 2.45) is 21.9 Å². The van der Waals surface area contributed by atoms with E-state index in [9.17, 15) is 18.5 Å². The van der Waals surface area contributed by atoms with Crippen LogP contribution in [-0.4, -0.2) is 25.0 Å². The van der Waals surface area contributed by atoms with E-state index in [1.54, 1.807) is 12.2 Å². The zero-order valence-corrected chi connectivity index (χ0v) is 19.3. The van der Waals surface area contributed by atoms with E-state index in [1.165, 1.54) is 11.8 Å². The Morgan fingerprint density at radius 2 is 2.06 bits per heavy atom. The molecule has 4 rings (SSSR count). The molecule has 0 saturated heterocycles. The summed E-state index contributed by atoms with van der Waals surface area (Å²) in [5.74, 6) is -0.0951. The van der Waals surface area contributed by atoms with Crippen molar-refractivity contribution in [3.63, 3.8) is 0 Å². The Bertz CT molecular complexity index is 1190. The molecular weight excluding hydrogens is 432 g/mol. The van der Waals surface area contributed by atoms with Gasteiger partial charge in [0, 0.05) is 11.3 Å². The topological polar surface area (TPSA) is 96.6 Å². The maximum Gasteiger partial charge on any atom is 0.329 e. The van der Waals surface area contributed by atoms with Crippen molar-refractivity contribution in [3.8, 4) is 6.07 Å². The maximum atomic E-state index is 12.7. The fourth-order valence-electron chi connectivity index (χ4n) is 5.14. The second-order valence-electron chi connectivity index (χ2n) is 8.97. The lowest BCUT2D eigenvalue weighted by Crippen LogP contribution is -2.42. The van der Waals surface area contributed by atoms with Crippen molar-refractivity contribution in [1.29, 1.82) is 5.26 Å². The molecule has 0 amide bonds. The average molecular weight is 457 g/mol. The zero-order valence-electron chi connectivity index (χ0n) is 17.7. The number of fused-ring (bicyclic) bond motifs is 2. The summed E-state index contributed by atoms with van der Waals surface area (Å²) in [6, 6.07) is 9.81. The molecule has 2 atom stereocenters. The van der Waals surface area contributed by atoms with Gasteiger partial charge >= 0.3 is 10.1 Å². The summed E-state index contributed by atoms with van der Waals surface area (Å²) >= 11 is 1.18. The first kappa shape index (κ1) is 21.8. The van der Waals surface area contributed by atoms with Crippen LogP contribution in [0.4, 0.5) is 0 Å². The molecule has 2 saturated carbocycles. The van der Waals surface area contributed by atoms with Gasteiger partial charge in [0.2, 0.25) is 0 Å². The van der Waals surface area contributed by atoms with Crippen molar-refractivity contribution in [1.82, 2.24) is 0 Å². The van der Waals surface area contributed by atoms with E-state index >= 15 is 0 Å². The fourth-order valence-corrected chi connectivity index (χ4v) is 7.55. The molecule has 1 aromatic rings. The van der Waals surface area contributed by atoms with Crippen LogP contribution in [0.5, 0.6) is 0 Å². The first-order valence-electron chi connectivity index (χ1n) is 10.2. The second-order valence-corrected chi connectivity index (χ2v) is 11.6. The van der Waals surface area contributed by atoms with Gasteiger partial charge < -0.3 is 0 Å². The number of hydrogen-bond acceptors (Lipinski definition) is 7. The Kier molecular flexibility index (Phi) is 5.39. The lowest BCUT2D eigenvalue weighted by atomic mass is 9.70. The third-order valence-corrected chi connectivity index (χ3v) is 9.30. The number of benzene rings is 1. The number of hydrogen-bond donors (Lipinski definition) is 0. The minimum absolute atomic E-state index is 0.0193. The molecule has 0 radical (unpaired) electrons. The van der Waals surface area contributed by atoms with E-state index in [-0.39, 0.29) is 22.9 Å². The van der Waals surface area contributed by atoms with Crippen LogP contribution < -0.4 is 0 Å². The summed E-state index contributed by atoms with van der Waals surface area (Å²) in [6.45, 7) is 5.90. The van der Waals surface area contributed by atoms with Crippen LogP contribution in [0.2, 0.25) is 0 Å². The Balaban J connectivity index is 1.51. The zero-order chi connectivity index (χ0) is 22.4. The lowest BCUT2D eigenvalue weighted by Gasteiger charge is -2.35. The van der Waals surface area contributed by atoms with E-state index in [2.05, 4.69) is 11.2 Å². The summed E-state index contributed by atoms with van der Waals surface area (Å²) in [6.07, 6.45) is 5.24. The van der Waals surface area contributed by atoms with Crippen LogP contribution in [0.15, 0.2) is 46.5 Å². The predicted molar refractivity (Wildman–Crippen MR) is 121 cm³/mol. The molecular formula is C23H24N2O4S2. The van der Waals surface area contributed by atoms with E-state index in [0.29, 0.717) is 28.4 Å². The summed E-state index contributed by atoms with van der Waals surface area (Å²) in [7, 11) is -4.04. The summed E-state index contributed by atoms with van der Waals surface area (Å²) in [5.41, 5.74) is 1.05. The summed E-state index contributed by atoms with van der Waals surface area (Å²) < 4.78 is 30.4. The normalized spacial score (nSPS) is 29.4. The predicted octanol–water partition coefficient (Wildman–Crippen LogP) is 4.59. The molecule has 0 aromatic heterocycles. The fraction of sp³-hybridized carbons (Fsp3) is 0.435. The van der Waals surface area contributed by atoms with Gasteiger partial charge in [0.05, 0.1) is 11.0 Å². The Morgan fingerprint density at radius 1 is 1.32 bits per heavy atom. The number of Topliss-reactive ketones (excluding diaryl/α,β-unsaturated/α-hetero) is 1. The van der Waals surface area contributed by atoms with Gasteiger partial charge in [0.1, 0.15) is 22.6 Å². The number of carbonyl (C=O) groups excluding carboxylic acids is 1. The van der Waals surface area contributed by atoms with Gasteiger partial charge in [-0.15, -0.1) is 0 Å². The SMILES string of the molecule is Cc1ccccc1/C(C#N)=C1C=C/C(=N\OS(=O)(=O)CC23CCC(CC2=O)C3(C)C)S\1. The van der Waals surface area contributed by atoms with Crippen molar-refractivity contribution in [3.05, 3.63) is 52.4 Å². The first-order valence-corrected chi connectivity index (χ1v) is 12.6. The van der Waals surface area contributed by atoms with Gasteiger partial charge in [-0.3, -0.25) is 9.08 Å². The monoisotopic (exact) mass is 456 g/mol. The molecule has 1 heterocycles. The van der Waals surface area contributed by atoms with Crippen LogP contribution in [0.25, 0.3) is 5.57 Å². The van der Waals surface area contributed by atoms with E-state index in [0.717, 1.165) is 17.5 Å². The molecule has 2 bridgehead atoms. The molecule has 2 fully saturated rings. The largest absolute Gasteiger partial charge is 0.329 e. The lowest BCUT2D eigenvalue weighted by molar-refractivity contribution is -0.128. The van der Waals surface area contributed by atoms with Gasteiger partial charge in [0.15, 0.2) is 0 Å². The van der Waals surface area contributed by atoms with Gasteiger partial charge in [-0.2, -0.15) is 13.7 Å². The smallest absolute Gasteiger partial charge is 0.299 e. The van der Waals surface area contributed by atoms with Crippen molar-refractivity contribution >= 4 is 38.3 Å². The van der Waals surface area contributed by atoms with Crippen molar-refractivity contribution in [2.45, 2.75) is 40.0 Å². The standard InChI is InChI=1S/C23H24N2O4S2/c1-15-6-4-5-7-17(15)18(13-24)19-8-9-21(30-19)25-29-31(27,28)14-23-11-10-16(12-20(23)26)22(23,2)3/h4-9,16H,10-12,14H2,1-3H3/b19-18+,25-21+. The molecule has 8 heteroatoms. The second kappa shape index (κ2) is 7.64. The van der Waals surface area contributed by atoms with E-state index in [4.69, 9.17) is 4.28 Å². The number of thioether (sulfide) groups is 1. The molecule has 31 heavy (non-hydrogen) atoms. The molecule has 3 aliphatic rings. The highest BCUT2D eigenvalue weighted by molar-refractivity contribution is 8.18. The minimum atomic E-state index is -4.04. The average Bonchev–Trinajstić information content (AvgIpc) is 3.32. The summed E-state index contributed by atoms with van der Waals surface area (Å²) in [4.78, 5) is 13.3. The van der Waals surface area contributed by atoms with Crippen LogP contribution in [-0.2, 0) is 19.2 Å². The third kappa shape index (κ3) is 3.64. The number of oxime groups is 1. The quantitative estimate of drug-likeness (QED) is 0.475. The molecule has 2 aliphatic carbocycles. The van der Waals surface area contributed by atoms with Gasteiger partial charge in [-0.05, 0) is 54.4 Å². The van der Waals surface area contributed by atoms with Crippen LogP contribution in [0.1, 0.15) is 44.2 Å². The number of nitriles is 1. The molecule has 0 N–H and O–H groups in total. The molecule has 2 unspecified atom stereocenters. The van der Waals surface area contributed by atoms with Crippen molar-refractivity contribution < 1.29 is 17.5 Å². The van der Waals surface area contributed by atoms with E-state index in [1.807, 2.05) is 45.0 Å². The highest BCUT2D eigenvalue weighted by Gasteiger charge is 2.65. The first-order chi connectivity index (χ1) is 14.6. The Labute approximate surface area is 187 Å². The maximum absolute atomic E-state index is 12.7. The highest BCUT2D eigenvalue weighted by Crippen LogP contribution is 2.64. The summed E-state index contributed by atoms with van der Waals surface area (Å²) in [5, 5.41) is 13.8. The number of ketones is 1. The highest BCUT2D eigenvalue weighted by atomic mass is 32.2. The number of rotatable bonds is 5. The molecule has 0 spiro atoms. The van der Waals surface area contributed by atoms with Crippen molar-refractivity contribution in [2.75, 3.05) is 5.75 Å². The Hall–Kier alpha value is -2.37. The van der Waals surface area contributed by atoms with Crippen LogP contribution in [0.3, 0.4) is 0 Å². The van der Waals surface area contributed by atoms with Gasteiger partial charge in [-0.25, -0.2) is 0 Å². The van der Waals surface area contributed by atoms with E-state index < -0.39 is 15.5 Å². The van der Waals surface area contributed by atoms with Gasteiger partial charge in [-0.1, -0.05) is 55.0 Å². The number of aryl methyl sites for hydroxylation is 1. The molecule has 1 aromatic carbocycles. The molecule has 6 nitrogen and oxygen atoms in total. The molecule has 1 aliphatic heterocycles. The number of carbonyl (C=O) groups is 1. The Morgan fingerprint density at radius 3 is 2.68 bits per heavy atom.